The zero-order valence-electron chi connectivity index (χ0n) is 16.8. The van der Waals surface area contributed by atoms with Crippen molar-refractivity contribution in [2.45, 2.75) is 46.6 Å². The monoisotopic (exact) mass is 483 g/mol. The summed E-state index contributed by atoms with van der Waals surface area (Å²) in [4.78, 5) is 18.6. The van der Waals surface area contributed by atoms with Crippen LogP contribution in [-0.2, 0) is 9.53 Å². The normalized spacial score (nSPS) is 16.7. The summed E-state index contributed by atoms with van der Waals surface area (Å²) in [5, 5.41) is 9.44. The summed E-state index contributed by atoms with van der Waals surface area (Å²) in [6, 6.07) is 0.451. The largest absolute Gasteiger partial charge is 0.379 e. The van der Waals surface area contributed by atoms with Crippen molar-refractivity contribution in [2.24, 2.45) is 10.9 Å². The molecule has 1 unspecified atom stereocenters. The van der Waals surface area contributed by atoms with Gasteiger partial charge in [-0.3, -0.25) is 9.69 Å². The first-order valence-corrected chi connectivity index (χ1v) is 9.76. The van der Waals surface area contributed by atoms with Crippen molar-refractivity contribution in [3.05, 3.63) is 0 Å². The molecule has 154 valence electrons. The summed E-state index contributed by atoms with van der Waals surface area (Å²) in [6.45, 7) is 14.4. The van der Waals surface area contributed by atoms with Gasteiger partial charge in [-0.05, 0) is 19.8 Å². The highest BCUT2D eigenvalue weighted by molar-refractivity contribution is 14.0. The van der Waals surface area contributed by atoms with Crippen molar-refractivity contribution in [1.29, 1.82) is 0 Å². The first kappa shape index (κ1) is 25.4. The zero-order valence-corrected chi connectivity index (χ0v) is 19.2. The summed E-state index contributed by atoms with van der Waals surface area (Å²) in [5.74, 6) is 1.29. The van der Waals surface area contributed by atoms with E-state index in [1.54, 1.807) is 0 Å². The smallest absolute Gasteiger partial charge is 0.241 e. The minimum Gasteiger partial charge on any atom is -0.379 e. The fraction of sp³-hybridized carbons (Fsp3) is 0.889. The molecule has 3 N–H and O–H groups in total. The van der Waals surface area contributed by atoms with E-state index in [0.29, 0.717) is 24.5 Å². The van der Waals surface area contributed by atoms with Crippen LogP contribution in [0.15, 0.2) is 4.99 Å². The predicted molar refractivity (Wildman–Crippen MR) is 118 cm³/mol. The molecule has 7 nitrogen and oxygen atoms in total. The molecule has 1 saturated heterocycles. The van der Waals surface area contributed by atoms with Crippen LogP contribution in [0.25, 0.3) is 0 Å². The van der Waals surface area contributed by atoms with Gasteiger partial charge < -0.3 is 20.7 Å². The second-order valence-corrected chi connectivity index (χ2v) is 6.32. The molecule has 1 rings (SSSR count). The summed E-state index contributed by atoms with van der Waals surface area (Å²) in [5.41, 5.74) is 0. The van der Waals surface area contributed by atoms with E-state index < -0.39 is 0 Å². The highest BCUT2D eigenvalue weighted by Gasteiger charge is 2.27. The van der Waals surface area contributed by atoms with Crippen LogP contribution in [-0.4, -0.2) is 75.3 Å². The number of nitrogens with one attached hydrogen (secondary N) is 3. The van der Waals surface area contributed by atoms with Crippen LogP contribution in [0.2, 0.25) is 0 Å². The van der Waals surface area contributed by atoms with Gasteiger partial charge in [-0.2, -0.15) is 0 Å². The number of aliphatic imine (C=N–C) groups is 1. The van der Waals surface area contributed by atoms with Gasteiger partial charge in [0, 0.05) is 38.8 Å². The van der Waals surface area contributed by atoms with Gasteiger partial charge in [-0.1, -0.05) is 26.7 Å². The number of amides is 1. The van der Waals surface area contributed by atoms with E-state index in [1.165, 1.54) is 0 Å². The molecule has 1 fully saturated rings. The maximum atomic E-state index is 11.6. The summed E-state index contributed by atoms with van der Waals surface area (Å²) >= 11 is 0. The second-order valence-electron chi connectivity index (χ2n) is 6.32. The molecule has 0 saturated carbocycles. The molecule has 0 bridgehead atoms. The highest BCUT2D eigenvalue weighted by atomic mass is 127. The summed E-state index contributed by atoms with van der Waals surface area (Å²) < 4.78 is 5.51. The van der Waals surface area contributed by atoms with Crippen molar-refractivity contribution in [3.63, 3.8) is 0 Å². The van der Waals surface area contributed by atoms with Crippen LogP contribution >= 0.6 is 24.0 Å². The van der Waals surface area contributed by atoms with Crippen LogP contribution in [0.4, 0.5) is 0 Å². The highest BCUT2D eigenvalue weighted by Crippen LogP contribution is 2.19. The van der Waals surface area contributed by atoms with E-state index >= 15 is 0 Å². The molecule has 1 heterocycles. The van der Waals surface area contributed by atoms with Gasteiger partial charge in [0.2, 0.25) is 5.91 Å². The number of halogens is 1. The Morgan fingerprint density at radius 2 is 1.65 bits per heavy atom. The number of carbonyl (C=O) groups is 1. The van der Waals surface area contributed by atoms with Gasteiger partial charge in [0.1, 0.15) is 6.54 Å². The van der Waals surface area contributed by atoms with E-state index in [0.717, 1.165) is 52.2 Å². The lowest BCUT2D eigenvalue weighted by Crippen LogP contribution is -2.53. The number of hydrogen-bond acceptors (Lipinski definition) is 4. The molecule has 0 spiro atoms. The van der Waals surface area contributed by atoms with Crippen LogP contribution in [0.1, 0.15) is 40.5 Å². The molecule has 0 aliphatic carbocycles. The topological polar surface area (TPSA) is 78.0 Å². The number of hydrogen-bond donors (Lipinski definition) is 3. The molecule has 1 aliphatic rings. The molecule has 0 aromatic rings. The first-order valence-electron chi connectivity index (χ1n) is 9.76. The van der Waals surface area contributed by atoms with E-state index in [1.807, 2.05) is 13.8 Å². The summed E-state index contributed by atoms with van der Waals surface area (Å²) in [7, 11) is 0. The fourth-order valence-electron chi connectivity index (χ4n) is 3.28. The lowest BCUT2D eigenvalue weighted by Gasteiger charge is -2.39. The van der Waals surface area contributed by atoms with Crippen molar-refractivity contribution in [3.8, 4) is 0 Å². The average Bonchev–Trinajstić information content (AvgIpc) is 2.64. The Labute approximate surface area is 176 Å². The summed E-state index contributed by atoms with van der Waals surface area (Å²) in [6.07, 6.45) is 2.32. The van der Waals surface area contributed by atoms with Crippen LogP contribution < -0.4 is 16.0 Å². The fourth-order valence-corrected chi connectivity index (χ4v) is 3.28. The van der Waals surface area contributed by atoms with Crippen molar-refractivity contribution in [1.82, 2.24) is 20.9 Å². The quantitative estimate of drug-likeness (QED) is 0.249. The van der Waals surface area contributed by atoms with Crippen molar-refractivity contribution >= 4 is 35.8 Å². The minimum absolute atomic E-state index is 0. The second kappa shape index (κ2) is 15.4. The van der Waals surface area contributed by atoms with Crippen LogP contribution in [0, 0.1) is 5.92 Å². The number of likely N-dealkylation sites (N-methyl/N-ethyl adjacent to an activating group) is 1. The maximum Gasteiger partial charge on any atom is 0.241 e. The molecule has 1 amide bonds. The first-order chi connectivity index (χ1) is 12.2. The number of rotatable bonds is 10. The number of guanidine groups is 1. The SMILES string of the molecule is CCNC(=O)CN=C(NCC)NCC(C(CC)CC)N1CCOCC1.I. The Kier molecular flexibility index (Phi) is 15.1. The lowest BCUT2D eigenvalue weighted by atomic mass is 9.92. The third kappa shape index (κ3) is 9.36. The Balaban J connectivity index is 0.00000625. The van der Waals surface area contributed by atoms with Gasteiger partial charge in [0.25, 0.3) is 0 Å². The molecule has 0 radical (unpaired) electrons. The standard InChI is InChI=1S/C18H37N5O2.HI/c1-5-15(6-2)16(23-9-11-25-12-10-23)13-21-18(20-8-4)22-14-17(24)19-7-3;/h15-16H,5-14H2,1-4H3,(H,19,24)(H2,20,21,22);1H. The Hall–Kier alpha value is -0.610. The van der Waals surface area contributed by atoms with Gasteiger partial charge in [-0.15, -0.1) is 24.0 Å². The van der Waals surface area contributed by atoms with Crippen molar-refractivity contribution < 1.29 is 9.53 Å². The van der Waals surface area contributed by atoms with Crippen molar-refractivity contribution in [2.75, 3.05) is 52.5 Å². The molecular formula is C18H38IN5O2. The van der Waals surface area contributed by atoms with Gasteiger partial charge >= 0.3 is 0 Å². The molecule has 26 heavy (non-hydrogen) atoms. The molecule has 1 aliphatic heterocycles. The number of nitrogens with zero attached hydrogens (tertiary/aromatic N) is 2. The Morgan fingerprint density at radius 3 is 2.19 bits per heavy atom. The van der Waals surface area contributed by atoms with E-state index in [-0.39, 0.29) is 36.4 Å². The van der Waals surface area contributed by atoms with Crippen LogP contribution in [0.3, 0.4) is 0 Å². The zero-order chi connectivity index (χ0) is 18.5. The van der Waals surface area contributed by atoms with E-state index in [9.17, 15) is 4.79 Å². The number of carbonyl (C=O) groups excluding carboxylic acids is 1. The van der Waals surface area contributed by atoms with Crippen LogP contribution in [0.5, 0.6) is 0 Å². The van der Waals surface area contributed by atoms with Gasteiger partial charge in [0.15, 0.2) is 5.96 Å². The predicted octanol–water partition coefficient (Wildman–Crippen LogP) is 1.43. The third-order valence-electron chi connectivity index (χ3n) is 4.69. The molecule has 8 heteroatoms. The van der Waals surface area contributed by atoms with E-state index in [4.69, 9.17) is 4.74 Å². The molecule has 0 aromatic heterocycles. The minimum atomic E-state index is -0.0515. The maximum absolute atomic E-state index is 11.6. The Morgan fingerprint density at radius 1 is 1.04 bits per heavy atom. The average molecular weight is 483 g/mol. The number of morpholine rings is 1. The lowest BCUT2D eigenvalue weighted by molar-refractivity contribution is -0.119. The number of ether oxygens (including phenoxy) is 1. The third-order valence-corrected chi connectivity index (χ3v) is 4.69. The molecule has 1 atom stereocenters. The Bertz CT molecular complexity index is 399. The van der Waals surface area contributed by atoms with E-state index in [2.05, 4.69) is 39.7 Å². The molecular weight excluding hydrogens is 445 g/mol. The van der Waals surface area contributed by atoms with Gasteiger partial charge in [-0.25, -0.2) is 4.99 Å². The van der Waals surface area contributed by atoms with Gasteiger partial charge in [0.05, 0.1) is 13.2 Å². The molecule has 0 aromatic carbocycles.